The smallest absolute Gasteiger partial charge is 0.410 e. The summed E-state index contributed by atoms with van der Waals surface area (Å²) in [4.78, 5) is 64.5. The summed E-state index contributed by atoms with van der Waals surface area (Å²) in [6.07, 6.45) is -3.33. The first-order valence-electron chi connectivity index (χ1n) is 10.7. The lowest BCUT2D eigenvalue weighted by Gasteiger charge is -2.30. The molecule has 2 rings (SSSR count). The first-order chi connectivity index (χ1) is 17.1. The van der Waals surface area contributed by atoms with E-state index in [1.54, 1.807) is 24.3 Å². The molecule has 2 amide bonds. The molecule has 1 aromatic carbocycles. The number of ether oxygens (including phenoxy) is 5. The maximum atomic E-state index is 12.6. The van der Waals surface area contributed by atoms with Gasteiger partial charge >= 0.3 is 24.0 Å². The van der Waals surface area contributed by atoms with Crippen LogP contribution >= 0.6 is 15.9 Å². The molecule has 0 saturated carbocycles. The van der Waals surface area contributed by atoms with Crippen LogP contribution in [0.2, 0.25) is 0 Å². The minimum absolute atomic E-state index is 0.0171. The van der Waals surface area contributed by atoms with Crippen molar-refractivity contribution in [2.75, 3.05) is 27.4 Å². The summed E-state index contributed by atoms with van der Waals surface area (Å²) in [5, 5.41) is 0. The minimum Gasteiger partial charge on any atom is -0.464 e. The third kappa shape index (κ3) is 8.41. The van der Waals surface area contributed by atoms with Crippen molar-refractivity contribution in [1.29, 1.82) is 0 Å². The van der Waals surface area contributed by atoms with E-state index < -0.39 is 65.3 Å². The van der Waals surface area contributed by atoms with Gasteiger partial charge in [-0.05, 0) is 5.56 Å². The van der Waals surface area contributed by atoms with E-state index in [2.05, 4.69) is 20.9 Å². The predicted molar refractivity (Wildman–Crippen MR) is 127 cm³/mol. The Balaban J connectivity index is 2.31. The first kappa shape index (κ1) is 28.9. The zero-order valence-electron chi connectivity index (χ0n) is 20.2. The van der Waals surface area contributed by atoms with E-state index in [0.717, 1.165) is 26.5 Å². The van der Waals surface area contributed by atoms with E-state index in [4.69, 9.17) is 23.7 Å². The molecule has 1 saturated heterocycles. The maximum Gasteiger partial charge on any atom is 0.410 e. The number of esters is 3. The number of aliphatic imine (C=N–C) groups is 1. The molecule has 1 aromatic rings. The number of benzene rings is 1. The molecule has 1 unspecified atom stereocenters. The number of amides is 2. The summed E-state index contributed by atoms with van der Waals surface area (Å²) in [6.45, 7) is 1.92. The monoisotopic (exact) mass is 570 g/mol. The summed E-state index contributed by atoms with van der Waals surface area (Å²) in [5.41, 5.74) is 0.358. The number of rotatable bonds is 11. The Labute approximate surface area is 216 Å². The van der Waals surface area contributed by atoms with Gasteiger partial charge < -0.3 is 23.7 Å². The lowest BCUT2D eigenvalue weighted by atomic mass is 10.0. The fourth-order valence-corrected chi connectivity index (χ4v) is 3.95. The van der Waals surface area contributed by atoms with Gasteiger partial charge in [0, 0.05) is 27.5 Å². The van der Waals surface area contributed by atoms with E-state index in [1.165, 1.54) is 12.0 Å². The summed E-state index contributed by atoms with van der Waals surface area (Å²) < 4.78 is 25.7. The average Bonchev–Trinajstić information content (AvgIpc) is 3.63. The molecule has 0 aliphatic carbocycles. The third-order valence-corrected chi connectivity index (χ3v) is 5.80. The van der Waals surface area contributed by atoms with Crippen LogP contribution in [0.1, 0.15) is 19.4 Å². The zero-order valence-corrected chi connectivity index (χ0v) is 21.8. The van der Waals surface area contributed by atoms with Gasteiger partial charge in [-0.25, -0.2) is 19.4 Å². The molecule has 13 heteroatoms. The van der Waals surface area contributed by atoms with Crippen molar-refractivity contribution < 1.29 is 47.7 Å². The Morgan fingerprint density at radius 3 is 2.31 bits per heavy atom. The van der Waals surface area contributed by atoms with Crippen LogP contribution in [-0.2, 0) is 49.5 Å². The Morgan fingerprint density at radius 2 is 1.75 bits per heavy atom. The Kier molecular flexibility index (Phi) is 11.0. The minimum atomic E-state index is -1.38. The standard InChI is InChI=1S/C23H27BrN2O10/c1-13(27)25-19(22(30)33-4)18(24)21(35-14(2)28)20(36-17(29)12-32-3)16-10-26(16)23(31)34-11-15-8-6-5-7-9-15/h5-9,16,18,20-21H,10-12H2,1-4H3/t16-,18?,20+,21-,26?/m0/s1. The summed E-state index contributed by atoms with van der Waals surface area (Å²) in [7, 11) is 2.37. The van der Waals surface area contributed by atoms with E-state index in [-0.39, 0.29) is 13.2 Å². The van der Waals surface area contributed by atoms with Crippen molar-refractivity contribution in [3.8, 4) is 0 Å². The van der Waals surface area contributed by atoms with Crippen LogP contribution in [0.15, 0.2) is 35.3 Å². The lowest BCUT2D eigenvalue weighted by Crippen LogP contribution is -2.50. The van der Waals surface area contributed by atoms with Crippen LogP contribution < -0.4 is 0 Å². The van der Waals surface area contributed by atoms with Crippen molar-refractivity contribution in [2.45, 2.75) is 43.5 Å². The maximum absolute atomic E-state index is 12.6. The van der Waals surface area contributed by atoms with Crippen molar-refractivity contribution in [3.63, 3.8) is 0 Å². The van der Waals surface area contributed by atoms with Crippen LogP contribution in [-0.4, -0.2) is 91.0 Å². The van der Waals surface area contributed by atoms with Gasteiger partial charge in [0.05, 0.1) is 13.2 Å². The molecule has 196 valence electrons. The molecule has 1 heterocycles. The number of carbonyl (C=O) groups is 5. The number of nitrogens with zero attached hydrogens (tertiary/aromatic N) is 2. The van der Waals surface area contributed by atoms with Gasteiger partial charge in [-0.15, -0.1) is 0 Å². The van der Waals surface area contributed by atoms with E-state index in [9.17, 15) is 24.0 Å². The second-order valence-electron chi connectivity index (χ2n) is 7.63. The highest BCUT2D eigenvalue weighted by Gasteiger charge is 2.54. The molecule has 1 fully saturated rings. The van der Waals surface area contributed by atoms with Crippen molar-refractivity contribution in [2.24, 2.45) is 4.99 Å². The largest absolute Gasteiger partial charge is 0.464 e. The molecule has 0 radical (unpaired) electrons. The quantitative estimate of drug-likeness (QED) is 0.126. The number of carbonyl (C=O) groups excluding carboxylic acids is 5. The van der Waals surface area contributed by atoms with Gasteiger partial charge in [-0.3, -0.25) is 14.5 Å². The number of methoxy groups -OCH3 is 2. The molecule has 12 nitrogen and oxygen atoms in total. The van der Waals surface area contributed by atoms with Crippen molar-refractivity contribution in [1.82, 2.24) is 4.90 Å². The van der Waals surface area contributed by atoms with Gasteiger partial charge in [0.1, 0.15) is 23.8 Å². The van der Waals surface area contributed by atoms with Crippen LogP contribution in [0.25, 0.3) is 0 Å². The van der Waals surface area contributed by atoms with Crippen molar-refractivity contribution in [3.05, 3.63) is 35.9 Å². The first-order valence-corrected chi connectivity index (χ1v) is 11.6. The molecule has 0 aromatic heterocycles. The number of alkyl halides is 1. The fraction of sp³-hybridized carbons (Fsp3) is 0.478. The Bertz CT molecular complexity index is 1000. The Morgan fingerprint density at radius 1 is 1.08 bits per heavy atom. The van der Waals surface area contributed by atoms with Crippen LogP contribution in [0.3, 0.4) is 0 Å². The van der Waals surface area contributed by atoms with Crippen LogP contribution in [0.4, 0.5) is 4.79 Å². The SMILES string of the molecule is COCC(=O)O[C@@H]([C@@H](OC(C)=O)C(Br)C(=NC(C)=O)C(=O)OC)[C@@H]1CN1C(=O)OCc1ccccc1. The molecular weight excluding hydrogens is 544 g/mol. The second-order valence-corrected chi connectivity index (χ2v) is 8.62. The summed E-state index contributed by atoms with van der Waals surface area (Å²) in [5.74, 6) is -3.27. The predicted octanol–water partition coefficient (Wildman–Crippen LogP) is 1.42. The highest BCUT2D eigenvalue weighted by molar-refractivity contribution is 9.10. The molecule has 1 aliphatic rings. The average molecular weight is 571 g/mol. The second kappa shape index (κ2) is 13.7. The van der Waals surface area contributed by atoms with Gasteiger partial charge in [-0.1, -0.05) is 46.3 Å². The molecule has 36 heavy (non-hydrogen) atoms. The van der Waals surface area contributed by atoms with Gasteiger partial charge in [0.2, 0.25) is 5.91 Å². The Hall–Kier alpha value is -3.32. The molecule has 1 aliphatic heterocycles. The normalized spacial score (nSPS) is 17.3. The van der Waals surface area contributed by atoms with E-state index in [1.807, 2.05) is 6.07 Å². The summed E-state index contributed by atoms with van der Waals surface area (Å²) in [6, 6.07) is 8.24. The topological polar surface area (TPSA) is 147 Å². The third-order valence-electron chi connectivity index (χ3n) is 4.85. The number of halogens is 1. The van der Waals surface area contributed by atoms with E-state index >= 15 is 0 Å². The molecule has 4 atom stereocenters. The fourth-order valence-electron chi connectivity index (χ4n) is 3.25. The van der Waals surface area contributed by atoms with Crippen molar-refractivity contribution >= 4 is 51.5 Å². The lowest BCUT2D eigenvalue weighted by molar-refractivity contribution is -0.169. The van der Waals surface area contributed by atoms with Gasteiger partial charge in [-0.2, -0.15) is 0 Å². The highest BCUT2D eigenvalue weighted by atomic mass is 79.9. The zero-order chi connectivity index (χ0) is 26.8. The molecule has 0 bridgehead atoms. The van der Waals surface area contributed by atoms with Gasteiger partial charge in [0.25, 0.3) is 0 Å². The molecule has 0 spiro atoms. The molecule has 0 N–H and O–H groups in total. The number of hydrogen-bond donors (Lipinski definition) is 0. The van der Waals surface area contributed by atoms with Crippen LogP contribution in [0, 0.1) is 0 Å². The van der Waals surface area contributed by atoms with Gasteiger partial charge in [0.15, 0.2) is 12.2 Å². The summed E-state index contributed by atoms with van der Waals surface area (Å²) >= 11 is 3.23. The molecular formula is C23H27BrN2O10. The highest BCUT2D eigenvalue weighted by Crippen LogP contribution is 2.31. The van der Waals surface area contributed by atoms with E-state index in [0.29, 0.717) is 0 Å². The van der Waals surface area contributed by atoms with Crippen LogP contribution in [0.5, 0.6) is 0 Å². The number of hydrogen-bond acceptors (Lipinski definition) is 10.